The summed E-state index contributed by atoms with van der Waals surface area (Å²) in [7, 11) is 1.61. The molecule has 0 radical (unpaired) electrons. The zero-order valence-electron chi connectivity index (χ0n) is 16.5. The van der Waals surface area contributed by atoms with Crippen LogP contribution in [0.25, 0.3) is 0 Å². The molecule has 2 N–H and O–H groups in total. The van der Waals surface area contributed by atoms with Crippen molar-refractivity contribution in [3.05, 3.63) is 62.4 Å². The van der Waals surface area contributed by atoms with E-state index in [2.05, 4.69) is 4.98 Å². The fraction of sp³-hybridized carbons (Fsp3) is 0.273. The number of rotatable bonds is 7. The summed E-state index contributed by atoms with van der Waals surface area (Å²) in [6.07, 6.45) is 1.60. The molecule has 6 nitrogen and oxygen atoms in total. The lowest BCUT2D eigenvalue weighted by molar-refractivity contribution is -0.119. The molecular weight excluding hydrogens is 420 g/mol. The van der Waals surface area contributed by atoms with Gasteiger partial charge in [-0.1, -0.05) is 24.3 Å². The molecule has 0 aliphatic carbocycles. The van der Waals surface area contributed by atoms with E-state index in [0.717, 1.165) is 27.4 Å². The minimum Gasteiger partial charge on any atom is -0.495 e. The molecule has 2 aromatic carbocycles. The molecule has 156 valence electrons. The molecule has 8 heteroatoms. The van der Waals surface area contributed by atoms with Gasteiger partial charge in [-0.2, -0.15) is 0 Å². The number of nitrogens with zero attached hydrogens (tertiary/aromatic N) is 1. The third-order valence-corrected chi connectivity index (χ3v) is 6.32. The Morgan fingerprint density at radius 1 is 1.20 bits per heavy atom. The van der Waals surface area contributed by atoms with Crippen molar-refractivity contribution in [3.8, 4) is 17.4 Å². The van der Waals surface area contributed by atoms with Gasteiger partial charge in [0.15, 0.2) is 3.95 Å². The Morgan fingerprint density at radius 3 is 2.70 bits per heavy atom. The van der Waals surface area contributed by atoms with Crippen molar-refractivity contribution in [2.24, 2.45) is 0 Å². The Hall–Kier alpha value is -2.84. The SMILES string of the molecule is COc1ccc(Cc2sc(=S)[nH]c2O)c2c1N(CCOc1ccccc1)C(=O)CC2. The van der Waals surface area contributed by atoms with Crippen LogP contribution in [0, 0.1) is 3.95 Å². The molecule has 0 unspecified atom stereocenters. The van der Waals surface area contributed by atoms with Gasteiger partial charge in [-0.05, 0) is 48.0 Å². The van der Waals surface area contributed by atoms with Crippen LogP contribution >= 0.6 is 23.6 Å². The number of para-hydroxylation sites is 1. The van der Waals surface area contributed by atoms with E-state index in [1.54, 1.807) is 12.0 Å². The fourth-order valence-electron chi connectivity index (χ4n) is 3.71. The Bertz CT molecular complexity index is 1110. The number of H-pyrrole nitrogens is 1. The first-order valence-electron chi connectivity index (χ1n) is 9.64. The molecule has 1 aromatic heterocycles. The number of carbonyl (C=O) groups excluding carboxylic acids is 1. The van der Waals surface area contributed by atoms with Crippen LogP contribution < -0.4 is 14.4 Å². The summed E-state index contributed by atoms with van der Waals surface area (Å²) < 4.78 is 11.9. The van der Waals surface area contributed by atoms with Gasteiger partial charge >= 0.3 is 0 Å². The molecule has 0 saturated carbocycles. The van der Waals surface area contributed by atoms with Crippen LogP contribution in [-0.2, 0) is 17.6 Å². The van der Waals surface area contributed by atoms with E-state index in [4.69, 9.17) is 21.7 Å². The number of thiazole rings is 1. The second-order valence-electron chi connectivity index (χ2n) is 6.92. The van der Waals surface area contributed by atoms with Crippen molar-refractivity contribution in [1.82, 2.24) is 4.98 Å². The second-order valence-corrected chi connectivity index (χ2v) is 8.70. The summed E-state index contributed by atoms with van der Waals surface area (Å²) in [6.45, 7) is 0.803. The summed E-state index contributed by atoms with van der Waals surface area (Å²) >= 11 is 6.50. The summed E-state index contributed by atoms with van der Waals surface area (Å²) in [6, 6.07) is 13.4. The van der Waals surface area contributed by atoms with Gasteiger partial charge in [0.25, 0.3) is 0 Å². The highest BCUT2D eigenvalue weighted by Crippen LogP contribution is 2.40. The number of nitrogens with one attached hydrogen (secondary N) is 1. The van der Waals surface area contributed by atoms with E-state index in [0.29, 0.717) is 42.1 Å². The van der Waals surface area contributed by atoms with Gasteiger partial charge < -0.3 is 24.5 Å². The zero-order chi connectivity index (χ0) is 21.1. The first-order valence-corrected chi connectivity index (χ1v) is 10.9. The molecule has 2 heterocycles. The molecule has 1 amide bonds. The summed E-state index contributed by atoms with van der Waals surface area (Å²) in [5.74, 6) is 1.59. The van der Waals surface area contributed by atoms with Crippen molar-refractivity contribution in [2.75, 3.05) is 25.2 Å². The largest absolute Gasteiger partial charge is 0.495 e. The molecule has 30 heavy (non-hydrogen) atoms. The Balaban J connectivity index is 1.62. The van der Waals surface area contributed by atoms with E-state index in [1.165, 1.54) is 11.3 Å². The number of aromatic amines is 1. The molecule has 4 rings (SSSR count). The van der Waals surface area contributed by atoms with Crippen LogP contribution in [-0.4, -0.2) is 36.3 Å². The van der Waals surface area contributed by atoms with Crippen molar-refractivity contribution in [3.63, 3.8) is 0 Å². The Kier molecular flexibility index (Phi) is 6.06. The number of aromatic hydroxyl groups is 1. The minimum absolute atomic E-state index is 0.0507. The van der Waals surface area contributed by atoms with Crippen LogP contribution in [0.4, 0.5) is 5.69 Å². The van der Waals surface area contributed by atoms with E-state index >= 15 is 0 Å². The first-order chi connectivity index (χ1) is 14.6. The minimum atomic E-state index is 0.0507. The average Bonchev–Trinajstić information content (AvgIpc) is 3.07. The Morgan fingerprint density at radius 2 is 2.00 bits per heavy atom. The molecule has 0 fully saturated rings. The normalized spacial score (nSPS) is 13.2. The van der Waals surface area contributed by atoms with E-state index in [1.807, 2.05) is 42.5 Å². The highest BCUT2D eigenvalue weighted by Gasteiger charge is 2.29. The predicted molar refractivity (Wildman–Crippen MR) is 120 cm³/mol. The van der Waals surface area contributed by atoms with Crippen LogP contribution in [0.3, 0.4) is 0 Å². The lowest BCUT2D eigenvalue weighted by Crippen LogP contribution is -2.38. The molecule has 0 atom stereocenters. The van der Waals surface area contributed by atoms with Gasteiger partial charge in [0, 0.05) is 12.8 Å². The maximum Gasteiger partial charge on any atom is 0.227 e. The van der Waals surface area contributed by atoms with Crippen LogP contribution in [0.15, 0.2) is 42.5 Å². The zero-order valence-corrected chi connectivity index (χ0v) is 18.1. The van der Waals surface area contributed by atoms with Crippen molar-refractivity contribution < 1.29 is 19.4 Å². The third-order valence-electron chi connectivity index (χ3n) is 5.10. The topological polar surface area (TPSA) is 74.8 Å². The quantitative estimate of drug-likeness (QED) is 0.528. The van der Waals surface area contributed by atoms with Crippen molar-refractivity contribution in [1.29, 1.82) is 0 Å². The lowest BCUT2D eigenvalue weighted by Gasteiger charge is -2.32. The van der Waals surface area contributed by atoms with E-state index < -0.39 is 0 Å². The highest BCUT2D eigenvalue weighted by atomic mass is 32.1. The molecule has 0 bridgehead atoms. The average molecular weight is 443 g/mol. The highest BCUT2D eigenvalue weighted by molar-refractivity contribution is 7.73. The van der Waals surface area contributed by atoms with Crippen LogP contribution in [0.1, 0.15) is 22.4 Å². The van der Waals surface area contributed by atoms with E-state index in [9.17, 15) is 9.90 Å². The molecular formula is C22H22N2O4S2. The van der Waals surface area contributed by atoms with Crippen molar-refractivity contribution in [2.45, 2.75) is 19.3 Å². The monoisotopic (exact) mass is 442 g/mol. The maximum atomic E-state index is 12.8. The van der Waals surface area contributed by atoms with Gasteiger partial charge in [-0.3, -0.25) is 4.79 Å². The number of methoxy groups -OCH3 is 1. The Labute approximate surface area is 183 Å². The van der Waals surface area contributed by atoms with E-state index in [-0.39, 0.29) is 11.8 Å². The first kappa shape index (κ1) is 20.4. The standard InChI is InChI=1S/C22H22N2O4S2/c1-27-17-9-7-14(13-18-21(26)23-22(29)30-18)16-8-10-19(25)24(20(16)17)11-12-28-15-5-3-2-4-6-15/h2-7,9,26H,8,10-13H2,1H3,(H,23,29). The van der Waals surface area contributed by atoms with Gasteiger partial charge in [0.05, 0.1) is 24.2 Å². The molecule has 0 saturated heterocycles. The maximum absolute atomic E-state index is 12.8. The summed E-state index contributed by atoms with van der Waals surface area (Å²) in [5, 5.41) is 10.1. The van der Waals surface area contributed by atoms with Gasteiger partial charge in [0.2, 0.25) is 11.8 Å². The number of hydrogen-bond acceptors (Lipinski definition) is 6. The number of fused-ring (bicyclic) bond motifs is 1. The van der Waals surface area contributed by atoms with Gasteiger partial charge in [-0.15, -0.1) is 11.3 Å². The molecule has 0 spiro atoms. The second kappa shape index (κ2) is 8.89. The number of amides is 1. The van der Waals surface area contributed by atoms with Crippen molar-refractivity contribution >= 4 is 35.1 Å². The summed E-state index contributed by atoms with van der Waals surface area (Å²) in [4.78, 5) is 18.1. The van der Waals surface area contributed by atoms with Gasteiger partial charge in [0.1, 0.15) is 18.1 Å². The number of aromatic nitrogens is 1. The van der Waals surface area contributed by atoms with Crippen LogP contribution in [0.5, 0.6) is 17.4 Å². The molecule has 1 aliphatic heterocycles. The fourth-order valence-corrected chi connectivity index (χ4v) is 4.85. The number of benzene rings is 2. The molecule has 3 aromatic rings. The molecule has 1 aliphatic rings. The number of ether oxygens (including phenoxy) is 2. The lowest BCUT2D eigenvalue weighted by atomic mass is 9.93. The number of carbonyl (C=O) groups is 1. The predicted octanol–water partition coefficient (Wildman–Crippen LogP) is 4.47. The smallest absolute Gasteiger partial charge is 0.227 e. The number of hydrogen-bond donors (Lipinski definition) is 2. The third kappa shape index (κ3) is 4.20. The number of anilines is 1. The summed E-state index contributed by atoms with van der Waals surface area (Å²) in [5.41, 5.74) is 2.90. The van der Waals surface area contributed by atoms with Crippen LogP contribution in [0.2, 0.25) is 0 Å². The van der Waals surface area contributed by atoms with Gasteiger partial charge in [-0.25, -0.2) is 0 Å².